The SMILES string of the molecule is COc1ccccc1C(C)NC1CCc2ccc(C)cc21. The van der Waals surface area contributed by atoms with Gasteiger partial charge in [-0.2, -0.15) is 0 Å². The van der Waals surface area contributed by atoms with Gasteiger partial charge in [0.15, 0.2) is 0 Å². The molecule has 110 valence electrons. The molecule has 1 N–H and O–H groups in total. The summed E-state index contributed by atoms with van der Waals surface area (Å²) in [5.74, 6) is 0.958. The van der Waals surface area contributed by atoms with Gasteiger partial charge in [-0.15, -0.1) is 0 Å². The topological polar surface area (TPSA) is 21.3 Å². The Hall–Kier alpha value is -1.80. The zero-order valence-electron chi connectivity index (χ0n) is 13.0. The second-order valence-electron chi connectivity index (χ2n) is 5.92. The molecule has 0 amide bonds. The van der Waals surface area contributed by atoms with Crippen molar-refractivity contribution in [3.63, 3.8) is 0 Å². The highest BCUT2D eigenvalue weighted by molar-refractivity contribution is 5.39. The minimum Gasteiger partial charge on any atom is -0.496 e. The largest absolute Gasteiger partial charge is 0.496 e. The summed E-state index contributed by atoms with van der Waals surface area (Å²) in [6.45, 7) is 4.38. The van der Waals surface area contributed by atoms with E-state index >= 15 is 0 Å². The molecule has 2 aromatic carbocycles. The van der Waals surface area contributed by atoms with E-state index in [2.05, 4.69) is 49.5 Å². The summed E-state index contributed by atoms with van der Waals surface area (Å²) in [5, 5.41) is 3.77. The van der Waals surface area contributed by atoms with Gasteiger partial charge in [0.1, 0.15) is 5.75 Å². The third-order valence-electron chi connectivity index (χ3n) is 4.44. The number of hydrogen-bond donors (Lipinski definition) is 1. The second-order valence-corrected chi connectivity index (χ2v) is 5.92. The molecule has 1 aliphatic rings. The third kappa shape index (κ3) is 2.81. The molecule has 0 radical (unpaired) electrons. The predicted molar refractivity (Wildman–Crippen MR) is 86.8 cm³/mol. The molecule has 0 saturated heterocycles. The van der Waals surface area contributed by atoms with E-state index in [-0.39, 0.29) is 6.04 Å². The van der Waals surface area contributed by atoms with Gasteiger partial charge in [-0.25, -0.2) is 0 Å². The van der Waals surface area contributed by atoms with Crippen molar-refractivity contribution in [1.82, 2.24) is 5.32 Å². The Morgan fingerprint density at radius 2 is 2.00 bits per heavy atom. The highest BCUT2D eigenvalue weighted by Crippen LogP contribution is 2.35. The van der Waals surface area contributed by atoms with Crippen LogP contribution in [0.1, 0.15) is 47.7 Å². The van der Waals surface area contributed by atoms with Gasteiger partial charge in [-0.05, 0) is 43.9 Å². The number of fused-ring (bicyclic) bond motifs is 1. The number of ether oxygens (including phenoxy) is 1. The summed E-state index contributed by atoms with van der Waals surface area (Å²) in [6.07, 6.45) is 2.35. The quantitative estimate of drug-likeness (QED) is 0.900. The van der Waals surface area contributed by atoms with Gasteiger partial charge < -0.3 is 10.1 Å². The van der Waals surface area contributed by atoms with Crippen molar-refractivity contribution in [2.75, 3.05) is 7.11 Å². The molecule has 2 nitrogen and oxygen atoms in total. The lowest BCUT2D eigenvalue weighted by atomic mass is 10.0. The van der Waals surface area contributed by atoms with Gasteiger partial charge in [-0.3, -0.25) is 0 Å². The zero-order chi connectivity index (χ0) is 14.8. The lowest BCUT2D eigenvalue weighted by Crippen LogP contribution is -2.23. The first-order valence-corrected chi connectivity index (χ1v) is 7.67. The molecule has 2 unspecified atom stereocenters. The minimum atomic E-state index is 0.276. The van der Waals surface area contributed by atoms with Crippen LogP contribution in [0.15, 0.2) is 42.5 Å². The van der Waals surface area contributed by atoms with E-state index in [0.717, 1.165) is 5.75 Å². The Morgan fingerprint density at radius 1 is 1.19 bits per heavy atom. The molecule has 2 aromatic rings. The maximum absolute atomic E-state index is 5.48. The van der Waals surface area contributed by atoms with E-state index in [1.807, 2.05) is 12.1 Å². The number of benzene rings is 2. The van der Waals surface area contributed by atoms with Gasteiger partial charge in [0.2, 0.25) is 0 Å². The van der Waals surface area contributed by atoms with E-state index in [1.54, 1.807) is 7.11 Å². The monoisotopic (exact) mass is 281 g/mol. The molecule has 0 aromatic heterocycles. The highest BCUT2D eigenvalue weighted by atomic mass is 16.5. The number of hydrogen-bond acceptors (Lipinski definition) is 2. The smallest absolute Gasteiger partial charge is 0.123 e. The van der Waals surface area contributed by atoms with Gasteiger partial charge >= 0.3 is 0 Å². The fourth-order valence-electron chi connectivity index (χ4n) is 3.31. The Kier molecular flexibility index (Phi) is 3.98. The van der Waals surface area contributed by atoms with Crippen LogP contribution in [0, 0.1) is 6.92 Å². The predicted octanol–water partition coefficient (Wildman–Crippen LogP) is 4.34. The number of methoxy groups -OCH3 is 1. The van der Waals surface area contributed by atoms with Crippen LogP contribution >= 0.6 is 0 Å². The van der Waals surface area contributed by atoms with Crippen LogP contribution in [0.25, 0.3) is 0 Å². The maximum atomic E-state index is 5.48. The van der Waals surface area contributed by atoms with Gasteiger partial charge in [0, 0.05) is 17.6 Å². The van der Waals surface area contributed by atoms with Crippen molar-refractivity contribution in [2.45, 2.75) is 38.8 Å². The maximum Gasteiger partial charge on any atom is 0.123 e. The molecule has 0 aliphatic heterocycles. The van der Waals surface area contributed by atoms with E-state index in [1.165, 1.54) is 35.1 Å². The second kappa shape index (κ2) is 5.90. The first-order valence-electron chi connectivity index (χ1n) is 7.67. The van der Waals surface area contributed by atoms with Crippen molar-refractivity contribution in [3.05, 3.63) is 64.7 Å². The number of aryl methyl sites for hydroxylation is 2. The van der Waals surface area contributed by atoms with E-state index < -0.39 is 0 Å². The first kappa shape index (κ1) is 14.2. The van der Waals surface area contributed by atoms with E-state index in [0.29, 0.717) is 6.04 Å². The summed E-state index contributed by atoms with van der Waals surface area (Å²) in [6, 6.07) is 15.8. The molecule has 21 heavy (non-hydrogen) atoms. The van der Waals surface area contributed by atoms with Crippen molar-refractivity contribution < 1.29 is 4.74 Å². The van der Waals surface area contributed by atoms with Crippen LogP contribution in [0.4, 0.5) is 0 Å². The van der Waals surface area contributed by atoms with Crippen LogP contribution in [0.5, 0.6) is 5.75 Å². The Bertz CT molecular complexity index is 635. The first-order chi connectivity index (χ1) is 10.2. The summed E-state index contributed by atoms with van der Waals surface area (Å²) in [5.41, 5.74) is 5.52. The lowest BCUT2D eigenvalue weighted by molar-refractivity contribution is 0.393. The van der Waals surface area contributed by atoms with Crippen molar-refractivity contribution in [3.8, 4) is 5.75 Å². The average Bonchev–Trinajstić information content (AvgIpc) is 2.89. The fourth-order valence-corrected chi connectivity index (χ4v) is 3.31. The molecule has 2 heteroatoms. The Balaban J connectivity index is 1.81. The fraction of sp³-hybridized carbons (Fsp3) is 0.368. The van der Waals surface area contributed by atoms with Gasteiger partial charge in [0.05, 0.1) is 7.11 Å². The van der Waals surface area contributed by atoms with Crippen molar-refractivity contribution in [1.29, 1.82) is 0 Å². The summed E-state index contributed by atoms with van der Waals surface area (Å²) in [4.78, 5) is 0. The molecule has 0 saturated carbocycles. The minimum absolute atomic E-state index is 0.276. The molecular weight excluding hydrogens is 258 g/mol. The molecule has 0 fully saturated rings. The van der Waals surface area contributed by atoms with E-state index in [9.17, 15) is 0 Å². The van der Waals surface area contributed by atoms with Crippen LogP contribution in [-0.2, 0) is 6.42 Å². The number of rotatable bonds is 4. The van der Waals surface area contributed by atoms with Crippen molar-refractivity contribution >= 4 is 0 Å². The normalized spacial score (nSPS) is 18.3. The molecule has 2 atom stereocenters. The van der Waals surface area contributed by atoms with Crippen LogP contribution in [0.2, 0.25) is 0 Å². The third-order valence-corrected chi connectivity index (χ3v) is 4.44. The number of nitrogens with one attached hydrogen (secondary N) is 1. The van der Waals surface area contributed by atoms with Crippen LogP contribution in [-0.4, -0.2) is 7.11 Å². The Labute approximate surface area is 127 Å². The Morgan fingerprint density at radius 3 is 2.81 bits per heavy atom. The summed E-state index contributed by atoms with van der Waals surface area (Å²) in [7, 11) is 1.74. The van der Waals surface area contributed by atoms with Gasteiger partial charge in [-0.1, -0.05) is 42.0 Å². The number of para-hydroxylation sites is 1. The van der Waals surface area contributed by atoms with Gasteiger partial charge in [0.25, 0.3) is 0 Å². The standard InChI is InChI=1S/C19H23NO/c1-13-8-9-15-10-11-18(17(15)12-13)20-14(2)16-6-4-5-7-19(16)21-3/h4-9,12,14,18,20H,10-11H2,1-3H3. The molecule has 0 bridgehead atoms. The highest BCUT2D eigenvalue weighted by Gasteiger charge is 2.24. The molecule has 0 heterocycles. The molecule has 1 aliphatic carbocycles. The van der Waals surface area contributed by atoms with Crippen molar-refractivity contribution in [2.24, 2.45) is 0 Å². The van der Waals surface area contributed by atoms with Crippen LogP contribution in [0.3, 0.4) is 0 Å². The molecule has 0 spiro atoms. The average molecular weight is 281 g/mol. The summed E-state index contributed by atoms with van der Waals surface area (Å²) < 4.78 is 5.48. The lowest BCUT2D eigenvalue weighted by Gasteiger charge is -2.22. The van der Waals surface area contributed by atoms with Crippen LogP contribution < -0.4 is 10.1 Å². The summed E-state index contributed by atoms with van der Waals surface area (Å²) >= 11 is 0. The molecule has 3 rings (SSSR count). The van der Waals surface area contributed by atoms with E-state index in [4.69, 9.17) is 4.74 Å². The zero-order valence-corrected chi connectivity index (χ0v) is 13.0. The molecular formula is C19H23NO.